The fourth-order valence-electron chi connectivity index (χ4n) is 3.12. The molecule has 2 heterocycles. The number of carbonyl (C=O) groups is 4. The van der Waals surface area contributed by atoms with Crippen molar-refractivity contribution in [2.75, 3.05) is 5.32 Å². The van der Waals surface area contributed by atoms with Crippen LogP contribution in [-0.2, 0) is 9.57 Å². The van der Waals surface area contributed by atoms with Gasteiger partial charge in [0.05, 0.1) is 11.1 Å². The van der Waals surface area contributed by atoms with Gasteiger partial charge in [-0.3, -0.25) is 14.9 Å². The van der Waals surface area contributed by atoms with Crippen LogP contribution in [0.1, 0.15) is 52.0 Å². The topological polar surface area (TPSA) is 118 Å². The Bertz CT molecular complexity index is 1200. The van der Waals surface area contributed by atoms with Gasteiger partial charge in [0.15, 0.2) is 0 Å². The summed E-state index contributed by atoms with van der Waals surface area (Å²) in [4.78, 5) is 57.1. The van der Waals surface area contributed by atoms with Crippen molar-refractivity contribution in [3.05, 3.63) is 65.4 Å². The summed E-state index contributed by atoms with van der Waals surface area (Å²) in [7, 11) is 0. The van der Waals surface area contributed by atoms with Crippen molar-refractivity contribution in [3.63, 3.8) is 0 Å². The number of fused-ring (bicyclic) bond motifs is 2. The molecule has 158 valence electrons. The summed E-state index contributed by atoms with van der Waals surface area (Å²) >= 11 is 0. The summed E-state index contributed by atoms with van der Waals surface area (Å²) in [5.74, 6) is -2.30. The number of anilines is 1. The van der Waals surface area contributed by atoms with Crippen LogP contribution in [0.15, 0.2) is 48.5 Å². The highest BCUT2D eigenvalue weighted by Gasteiger charge is 2.39. The van der Waals surface area contributed by atoms with Crippen LogP contribution in [0, 0.1) is 0 Å². The van der Waals surface area contributed by atoms with Crippen molar-refractivity contribution in [1.29, 1.82) is 0 Å². The van der Waals surface area contributed by atoms with Gasteiger partial charge in [-0.2, -0.15) is 0 Å². The SMILES string of the molecule is CC(C)(C)OC(=O)Nc1ccc2[nH]c(C(=O)ON3C(=O)c4ccccc4C3=O)cc2c1. The van der Waals surface area contributed by atoms with E-state index in [9.17, 15) is 19.2 Å². The van der Waals surface area contributed by atoms with E-state index in [0.29, 0.717) is 21.7 Å². The Kier molecular flexibility index (Phi) is 4.73. The summed E-state index contributed by atoms with van der Waals surface area (Å²) in [6.07, 6.45) is -0.604. The van der Waals surface area contributed by atoms with Crippen LogP contribution in [-0.4, -0.2) is 39.5 Å². The maximum Gasteiger partial charge on any atom is 0.412 e. The lowest BCUT2D eigenvalue weighted by Gasteiger charge is -2.19. The Morgan fingerprint density at radius 3 is 2.23 bits per heavy atom. The first kappa shape index (κ1) is 20.1. The van der Waals surface area contributed by atoms with Crippen LogP contribution in [0.5, 0.6) is 0 Å². The number of aromatic amines is 1. The van der Waals surface area contributed by atoms with Crippen LogP contribution in [0.25, 0.3) is 10.9 Å². The number of nitrogens with one attached hydrogen (secondary N) is 2. The smallest absolute Gasteiger partial charge is 0.412 e. The van der Waals surface area contributed by atoms with Gasteiger partial charge in [-0.15, -0.1) is 0 Å². The van der Waals surface area contributed by atoms with Crippen LogP contribution >= 0.6 is 0 Å². The molecule has 9 heteroatoms. The number of imide groups is 1. The highest BCUT2D eigenvalue weighted by atomic mass is 16.7. The van der Waals surface area contributed by atoms with Crippen molar-refractivity contribution in [2.45, 2.75) is 26.4 Å². The lowest BCUT2D eigenvalue weighted by Crippen LogP contribution is -2.32. The number of carbonyl (C=O) groups excluding carboxylic acids is 4. The lowest BCUT2D eigenvalue weighted by atomic mass is 10.1. The molecule has 1 aromatic heterocycles. The Balaban J connectivity index is 1.50. The molecular formula is C22H19N3O6. The van der Waals surface area contributed by atoms with E-state index in [-0.39, 0.29) is 16.8 Å². The first-order valence-corrected chi connectivity index (χ1v) is 9.45. The van der Waals surface area contributed by atoms with Crippen molar-refractivity contribution in [1.82, 2.24) is 10.0 Å². The quantitative estimate of drug-likeness (QED) is 0.620. The van der Waals surface area contributed by atoms with Gasteiger partial charge < -0.3 is 14.6 Å². The third kappa shape index (κ3) is 3.97. The zero-order valence-corrected chi connectivity index (χ0v) is 17.0. The van der Waals surface area contributed by atoms with Crippen molar-refractivity contribution in [3.8, 4) is 0 Å². The van der Waals surface area contributed by atoms with Crippen LogP contribution in [0.4, 0.5) is 10.5 Å². The van der Waals surface area contributed by atoms with Gasteiger partial charge in [-0.05, 0) is 57.2 Å². The normalized spacial score (nSPS) is 13.3. The van der Waals surface area contributed by atoms with E-state index in [1.54, 1.807) is 51.1 Å². The molecule has 31 heavy (non-hydrogen) atoms. The number of ether oxygens (including phenoxy) is 1. The number of H-pyrrole nitrogens is 1. The second kappa shape index (κ2) is 7.28. The van der Waals surface area contributed by atoms with E-state index >= 15 is 0 Å². The number of hydrogen-bond acceptors (Lipinski definition) is 6. The monoisotopic (exact) mass is 421 g/mol. The van der Waals surface area contributed by atoms with Crippen molar-refractivity contribution < 1.29 is 28.8 Å². The Labute approximate surface area is 176 Å². The molecule has 2 aromatic carbocycles. The summed E-state index contributed by atoms with van der Waals surface area (Å²) in [6.45, 7) is 5.27. The maximum absolute atomic E-state index is 12.5. The molecule has 0 aliphatic carbocycles. The molecule has 9 nitrogen and oxygen atoms in total. The summed E-state index contributed by atoms with van der Waals surface area (Å²) in [5, 5.41) is 3.69. The lowest BCUT2D eigenvalue weighted by molar-refractivity contribution is -0.0587. The van der Waals surface area contributed by atoms with Crippen LogP contribution < -0.4 is 5.32 Å². The molecule has 1 aliphatic heterocycles. The van der Waals surface area contributed by atoms with E-state index in [2.05, 4.69) is 10.3 Å². The van der Waals surface area contributed by atoms with Gasteiger partial charge in [-0.25, -0.2) is 9.59 Å². The molecule has 4 rings (SSSR count). The van der Waals surface area contributed by atoms with Gasteiger partial charge in [0, 0.05) is 16.6 Å². The number of hydrogen-bond donors (Lipinski definition) is 2. The van der Waals surface area contributed by atoms with Gasteiger partial charge in [-0.1, -0.05) is 17.2 Å². The number of hydroxylamine groups is 2. The summed E-state index contributed by atoms with van der Waals surface area (Å²) < 4.78 is 5.22. The number of amides is 3. The molecule has 3 amide bonds. The number of nitrogens with zero attached hydrogens (tertiary/aromatic N) is 1. The molecule has 0 fully saturated rings. The van der Waals surface area contributed by atoms with Crippen molar-refractivity contribution in [2.24, 2.45) is 0 Å². The third-order valence-corrected chi connectivity index (χ3v) is 4.42. The molecule has 0 unspecified atom stereocenters. The fraction of sp³-hybridized carbons (Fsp3) is 0.182. The molecule has 0 saturated carbocycles. The highest BCUT2D eigenvalue weighted by Crippen LogP contribution is 2.25. The predicted octanol–water partition coefficient (Wildman–Crippen LogP) is 3.88. The summed E-state index contributed by atoms with van der Waals surface area (Å²) in [6, 6.07) is 12.7. The molecule has 1 aliphatic rings. The minimum Gasteiger partial charge on any atom is -0.444 e. The molecule has 0 radical (unpaired) electrons. The van der Waals surface area contributed by atoms with E-state index in [1.165, 1.54) is 18.2 Å². The molecule has 0 atom stereocenters. The van der Waals surface area contributed by atoms with Gasteiger partial charge in [0.25, 0.3) is 11.8 Å². The van der Waals surface area contributed by atoms with E-state index in [0.717, 1.165) is 0 Å². The molecule has 3 aromatic rings. The van der Waals surface area contributed by atoms with Gasteiger partial charge >= 0.3 is 12.1 Å². The van der Waals surface area contributed by atoms with Crippen LogP contribution in [0.2, 0.25) is 0 Å². The first-order valence-electron chi connectivity index (χ1n) is 9.45. The predicted molar refractivity (Wildman–Crippen MR) is 111 cm³/mol. The third-order valence-electron chi connectivity index (χ3n) is 4.42. The van der Waals surface area contributed by atoms with Gasteiger partial charge in [0.2, 0.25) is 0 Å². The molecule has 0 bridgehead atoms. The fourth-order valence-corrected chi connectivity index (χ4v) is 3.12. The molecular weight excluding hydrogens is 402 g/mol. The Morgan fingerprint density at radius 2 is 1.61 bits per heavy atom. The second-order valence-electron chi connectivity index (χ2n) is 7.94. The maximum atomic E-state index is 12.5. The zero-order chi connectivity index (χ0) is 22.3. The zero-order valence-electron chi connectivity index (χ0n) is 17.0. The molecule has 0 saturated heterocycles. The highest BCUT2D eigenvalue weighted by molar-refractivity contribution is 6.21. The van der Waals surface area contributed by atoms with Crippen molar-refractivity contribution >= 4 is 40.5 Å². The Morgan fingerprint density at radius 1 is 0.968 bits per heavy atom. The van der Waals surface area contributed by atoms with Gasteiger partial charge in [0.1, 0.15) is 11.3 Å². The summed E-state index contributed by atoms with van der Waals surface area (Å²) in [5.41, 5.74) is 0.833. The average molecular weight is 421 g/mol. The number of aromatic nitrogens is 1. The van der Waals surface area contributed by atoms with Crippen LogP contribution in [0.3, 0.4) is 0 Å². The second-order valence-corrected chi connectivity index (χ2v) is 7.94. The Hall–Kier alpha value is -4.14. The first-order chi connectivity index (χ1) is 14.6. The average Bonchev–Trinajstić information content (AvgIpc) is 3.22. The minimum atomic E-state index is -0.896. The number of benzene rings is 2. The van der Waals surface area contributed by atoms with E-state index < -0.39 is 29.5 Å². The molecule has 0 spiro atoms. The van der Waals surface area contributed by atoms with E-state index in [4.69, 9.17) is 9.57 Å². The largest absolute Gasteiger partial charge is 0.444 e. The number of rotatable bonds is 3. The molecule has 2 N–H and O–H groups in total. The minimum absolute atomic E-state index is 0.0426. The van der Waals surface area contributed by atoms with E-state index in [1.807, 2.05) is 0 Å². The standard InChI is InChI=1S/C22H19N3O6/c1-22(2,3)30-21(29)23-13-8-9-16-12(10-13)11-17(24-16)20(28)31-25-18(26)14-6-4-5-7-15(14)19(25)27/h4-11,24H,1-3H3,(H,23,29).